The molecule has 0 saturated carbocycles. The lowest BCUT2D eigenvalue weighted by atomic mass is 9.80. The predicted molar refractivity (Wildman–Crippen MR) is 93.4 cm³/mol. The van der Waals surface area contributed by atoms with Gasteiger partial charge in [-0.1, -0.05) is 18.2 Å². The lowest BCUT2D eigenvalue weighted by Gasteiger charge is -2.31. The maximum Gasteiger partial charge on any atom is 0.123 e. The van der Waals surface area contributed by atoms with Crippen LogP contribution in [0.15, 0.2) is 42.5 Å². The first-order chi connectivity index (χ1) is 11.9. The summed E-state index contributed by atoms with van der Waals surface area (Å²) in [6, 6.07) is 12.7. The van der Waals surface area contributed by atoms with E-state index < -0.39 is 5.60 Å². The van der Waals surface area contributed by atoms with Crippen molar-refractivity contribution in [1.29, 1.82) is 5.26 Å². The Bertz CT molecular complexity index is 753. The van der Waals surface area contributed by atoms with E-state index in [2.05, 4.69) is 0 Å². The molecule has 0 unspecified atom stereocenters. The molecule has 0 spiro atoms. The van der Waals surface area contributed by atoms with Gasteiger partial charge >= 0.3 is 0 Å². The first-order valence-corrected chi connectivity index (χ1v) is 8.32. The van der Waals surface area contributed by atoms with Crippen LogP contribution in [-0.4, -0.2) is 30.9 Å². The predicted octanol–water partition coefficient (Wildman–Crippen LogP) is 1.35. The molecule has 0 bridgehead atoms. The number of nitrogens with one attached hydrogen (secondary N) is 1. The molecule has 2 aromatic carbocycles. The van der Waals surface area contributed by atoms with Crippen LogP contribution in [0.5, 0.6) is 0 Å². The minimum Gasteiger partial charge on any atom is -0.392 e. The van der Waals surface area contributed by atoms with E-state index in [-0.39, 0.29) is 12.4 Å². The molecule has 25 heavy (non-hydrogen) atoms. The number of aliphatic hydroxyl groups is 2. The topological polar surface area (TPSA) is 68.7 Å². The molecule has 132 valence electrons. The molecule has 0 aliphatic rings. The second kappa shape index (κ2) is 8.21. The van der Waals surface area contributed by atoms with Gasteiger partial charge in [-0.25, -0.2) is 4.39 Å². The number of halogens is 1. The summed E-state index contributed by atoms with van der Waals surface area (Å²) in [7, 11) is 4.08. The Kier molecular flexibility index (Phi) is 6.27. The molecule has 3 N–H and O–H groups in total. The van der Waals surface area contributed by atoms with Crippen LogP contribution in [0, 0.1) is 17.1 Å². The van der Waals surface area contributed by atoms with Crippen molar-refractivity contribution in [3.05, 3.63) is 70.5 Å². The number of nitriles is 1. The molecule has 0 aliphatic carbocycles. The smallest absolute Gasteiger partial charge is 0.123 e. The molecule has 0 amide bonds. The zero-order chi connectivity index (χ0) is 18.4. The van der Waals surface area contributed by atoms with E-state index in [9.17, 15) is 14.6 Å². The summed E-state index contributed by atoms with van der Waals surface area (Å²) >= 11 is 0. The van der Waals surface area contributed by atoms with Gasteiger partial charge in [-0.2, -0.15) is 5.26 Å². The van der Waals surface area contributed by atoms with Gasteiger partial charge < -0.3 is 15.1 Å². The maximum absolute atomic E-state index is 13.3. The second-order valence-electron chi connectivity index (χ2n) is 6.57. The van der Waals surface area contributed by atoms with Crippen molar-refractivity contribution < 1.29 is 19.5 Å². The summed E-state index contributed by atoms with van der Waals surface area (Å²) < 4.78 is 13.3. The van der Waals surface area contributed by atoms with Crippen LogP contribution in [0.4, 0.5) is 4.39 Å². The van der Waals surface area contributed by atoms with Crippen LogP contribution in [0.25, 0.3) is 0 Å². The quantitative estimate of drug-likeness (QED) is 0.711. The van der Waals surface area contributed by atoms with Gasteiger partial charge in [0.25, 0.3) is 0 Å². The van der Waals surface area contributed by atoms with E-state index in [0.717, 1.165) is 13.0 Å². The van der Waals surface area contributed by atoms with Crippen molar-refractivity contribution in [1.82, 2.24) is 0 Å². The summed E-state index contributed by atoms with van der Waals surface area (Å²) in [5, 5.41) is 30.3. The lowest BCUT2D eigenvalue weighted by Crippen LogP contribution is -3.05. The van der Waals surface area contributed by atoms with Gasteiger partial charge in [0, 0.05) is 0 Å². The van der Waals surface area contributed by atoms with Gasteiger partial charge in [-0.05, 0) is 53.8 Å². The number of hydrogen-bond donors (Lipinski definition) is 3. The largest absolute Gasteiger partial charge is 0.392 e. The molecule has 2 rings (SSSR count). The van der Waals surface area contributed by atoms with Crippen LogP contribution in [0.3, 0.4) is 0 Å². The van der Waals surface area contributed by atoms with Gasteiger partial charge in [0.15, 0.2) is 0 Å². The van der Waals surface area contributed by atoms with Crippen molar-refractivity contribution in [2.75, 3.05) is 20.6 Å². The van der Waals surface area contributed by atoms with Crippen molar-refractivity contribution in [3.8, 4) is 6.07 Å². The van der Waals surface area contributed by atoms with Crippen LogP contribution in [0.1, 0.15) is 35.1 Å². The standard InChI is InChI=1S/C20H23FN2O2/c1-23(2)11-3-10-20(25,17-5-7-18(21)8-6-17)19-9-4-15(13-22)12-16(19)14-24/h4-9,12,24-25H,3,10-11,14H2,1-2H3/p+1/t20-/m0/s1. The summed E-state index contributed by atoms with van der Waals surface area (Å²) in [6.45, 7) is 0.585. The van der Waals surface area contributed by atoms with Crippen molar-refractivity contribution in [3.63, 3.8) is 0 Å². The normalized spacial score (nSPS) is 13.5. The summed E-state index contributed by atoms with van der Waals surface area (Å²) in [4.78, 5) is 1.27. The van der Waals surface area contributed by atoms with Crippen molar-refractivity contribution in [2.45, 2.75) is 25.0 Å². The Labute approximate surface area is 147 Å². The van der Waals surface area contributed by atoms with Crippen molar-refractivity contribution >= 4 is 0 Å². The molecule has 0 radical (unpaired) electrons. The molecule has 1 atom stereocenters. The molecule has 0 heterocycles. The molecule has 0 aromatic heterocycles. The van der Waals surface area contributed by atoms with Crippen LogP contribution in [0.2, 0.25) is 0 Å². The number of benzene rings is 2. The maximum atomic E-state index is 13.3. The van der Waals surface area contributed by atoms with E-state index in [1.165, 1.54) is 17.0 Å². The summed E-state index contributed by atoms with van der Waals surface area (Å²) in [6.07, 6.45) is 1.18. The number of nitrogens with zero attached hydrogens (tertiary/aromatic N) is 1. The van der Waals surface area contributed by atoms with Crippen LogP contribution in [-0.2, 0) is 12.2 Å². The highest BCUT2D eigenvalue weighted by Crippen LogP contribution is 2.36. The van der Waals surface area contributed by atoms with Crippen molar-refractivity contribution in [2.24, 2.45) is 0 Å². The highest BCUT2D eigenvalue weighted by molar-refractivity contribution is 5.45. The fourth-order valence-corrected chi connectivity index (χ4v) is 3.06. The zero-order valence-electron chi connectivity index (χ0n) is 14.6. The number of rotatable bonds is 7. The number of hydrogen-bond acceptors (Lipinski definition) is 3. The number of aliphatic hydroxyl groups excluding tert-OH is 1. The average Bonchev–Trinajstić information content (AvgIpc) is 2.61. The SMILES string of the molecule is C[NH+](C)CCC[C@](O)(c1ccc(F)cc1)c1ccc(C#N)cc1CO. The number of quaternary nitrogens is 1. The Morgan fingerprint density at radius 2 is 1.84 bits per heavy atom. The van der Waals surface area contributed by atoms with Gasteiger partial charge in [0.2, 0.25) is 0 Å². The van der Waals surface area contributed by atoms with Gasteiger partial charge in [-0.3, -0.25) is 0 Å². The molecule has 5 heteroatoms. The Hall–Kier alpha value is -2.26. The van der Waals surface area contributed by atoms with Gasteiger partial charge in [-0.15, -0.1) is 0 Å². The molecular weight excluding hydrogens is 319 g/mol. The molecule has 0 saturated heterocycles. The fourth-order valence-electron chi connectivity index (χ4n) is 3.06. The molecule has 0 fully saturated rings. The first-order valence-electron chi connectivity index (χ1n) is 8.32. The van der Waals surface area contributed by atoms with Gasteiger partial charge in [0.05, 0.1) is 38.9 Å². The van der Waals surface area contributed by atoms with Crippen LogP contribution >= 0.6 is 0 Å². The van der Waals surface area contributed by atoms with E-state index in [1.54, 1.807) is 30.3 Å². The first kappa shape index (κ1) is 19.1. The lowest BCUT2D eigenvalue weighted by molar-refractivity contribution is -0.858. The Morgan fingerprint density at radius 1 is 1.16 bits per heavy atom. The van der Waals surface area contributed by atoms with E-state index in [0.29, 0.717) is 28.7 Å². The average molecular weight is 343 g/mol. The zero-order valence-corrected chi connectivity index (χ0v) is 14.6. The van der Waals surface area contributed by atoms with E-state index in [1.807, 2.05) is 20.2 Å². The van der Waals surface area contributed by atoms with E-state index in [4.69, 9.17) is 5.26 Å². The molecule has 4 nitrogen and oxygen atoms in total. The molecular formula is C20H24FN2O2+. The molecule has 2 aromatic rings. The highest BCUT2D eigenvalue weighted by atomic mass is 19.1. The monoisotopic (exact) mass is 343 g/mol. The Balaban J connectivity index is 2.51. The third kappa shape index (κ3) is 4.43. The highest BCUT2D eigenvalue weighted by Gasteiger charge is 2.33. The summed E-state index contributed by atoms with van der Waals surface area (Å²) in [5.41, 5.74) is 0.696. The fraction of sp³-hybridized carbons (Fsp3) is 0.350. The van der Waals surface area contributed by atoms with Crippen LogP contribution < -0.4 is 4.90 Å². The molecule has 0 aliphatic heterocycles. The minimum atomic E-state index is -1.35. The minimum absolute atomic E-state index is 0.284. The third-order valence-corrected chi connectivity index (χ3v) is 4.39. The Morgan fingerprint density at radius 3 is 2.40 bits per heavy atom. The van der Waals surface area contributed by atoms with E-state index >= 15 is 0 Å². The second-order valence-corrected chi connectivity index (χ2v) is 6.57. The third-order valence-electron chi connectivity index (χ3n) is 4.39. The summed E-state index contributed by atoms with van der Waals surface area (Å²) in [5.74, 6) is -0.369. The van der Waals surface area contributed by atoms with Gasteiger partial charge in [0.1, 0.15) is 11.4 Å².